The summed E-state index contributed by atoms with van der Waals surface area (Å²) in [4.78, 5) is 23.7. The fraction of sp³-hybridized carbons (Fsp3) is 0.474. The Morgan fingerprint density at radius 3 is 2.58 bits per heavy atom. The first-order chi connectivity index (χ1) is 12.5. The number of rotatable bonds is 2. The number of carboxylic acid groups (broad SMARTS) is 1. The topological polar surface area (TPSA) is 96.9 Å². The van der Waals surface area contributed by atoms with E-state index in [0.29, 0.717) is 25.6 Å². The summed E-state index contributed by atoms with van der Waals surface area (Å²) in [7, 11) is 0. The zero-order chi connectivity index (χ0) is 18.9. The SMILES string of the molecule is CC(C)[C@H]1COC/C=C/COc2ccc(cc2)C[C@@H](NC(=O)O)C(=O)N1. The molecule has 2 bridgehead atoms. The van der Waals surface area contributed by atoms with Crippen molar-refractivity contribution in [1.82, 2.24) is 10.6 Å². The minimum atomic E-state index is -1.23. The van der Waals surface area contributed by atoms with Crippen LogP contribution in [0.2, 0.25) is 0 Å². The molecular weight excluding hydrogens is 336 g/mol. The van der Waals surface area contributed by atoms with Crippen LogP contribution >= 0.6 is 0 Å². The molecule has 0 radical (unpaired) electrons. The van der Waals surface area contributed by atoms with Crippen LogP contribution in [0.25, 0.3) is 0 Å². The maximum absolute atomic E-state index is 12.6. The molecule has 2 amide bonds. The van der Waals surface area contributed by atoms with Gasteiger partial charge in [0.2, 0.25) is 5.91 Å². The van der Waals surface area contributed by atoms with Crippen molar-refractivity contribution in [2.24, 2.45) is 5.92 Å². The summed E-state index contributed by atoms with van der Waals surface area (Å²) >= 11 is 0. The molecule has 26 heavy (non-hydrogen) atoms. The Bertz CT molecular complexity index is 627. The summed E-state index contributed by atoms with van der Waals surface area (Å²) in [6, 6.07) is 6.18. The van der Waals surface area contributed by atoms with Gasteiger partial charge in [-0.2, -0.15) is 0 Å². The van der Waals surface area contributed by atoms with Crippen molar-refractivity contribution in [3.8, 4) is 5.75 Å². The van der Waals surface area contributed by atoms with Crippen LogP contribution in [-0.2, 0) is 16.0 Å². The van der Waals surface area contributed by atoms with Gasteiger partial charge in [0, 0.05) is 6.42 Å². The quantitative estimate of drug-likeness (QED) is 0.699. The highest BCUT2D eigenvalue weighted by Crippen LogP contribution is 2.14. The van der Waals surface area contributed by atoms with Crippen LogP contribution in [0, 0.1) is 5.92 Å². The van der Waals surface area contributed by atoms with Crippen LogP contribution in [0.5, 0.6) is 5.75 Å². The van der Waals surface area contributed by atoms with Gasteiger partial charge in [-0.05, 0) is 29.7 Å². The maximum Gasteiger partial charge on any atom is 0.405 e. The van der Waals surface area contributed by atoms with Crippen LogP contribution < -0.4 is 15.4 Å². The molecule has 7 heteroatoms. The van der Waals surface area contributed by atoms with E-state index in [0.717, 1.165) is 5.56 Å². The molecule has 1 aromatic carbocycles. The van der Waals surface area contributed by atoms with E-state index in [1.165, 1.54) is 0 Å². The Morgan fingerprint density at radius 1 is 1.23 bits per heavy atom. The zero-order valence-corrected chi connectivity index (χ0v) is 15.1. The van der Waals surface area contributed by atoms with Gasteiger partial charge in [-0.1, -0.05) is 32.1 Å². The Morgan fingerprint density at radius 2 is 1.92 bits per heavy atom. The molecule has 7 nitrogen and oxygen atoms in total. The predicted octanol–water partition coefficient (Wildman–Crippen LogP) is 1.97. The van der Waals surface area contributed by atoms with Crippen LogP contribution in [-0.4, -0.2) is 49.0 Å². The smallest absolute Gasteiger partial charge is 0.405 e. The lowest BCUT2D eigenvalue weighted by molar-refractivity contribution is -0.124. The maximum atomic E-state index is 12.6. The molecule has 1 aromatic rings. The third-order valence-corrected chi connectivity index (χ3v) is 4.13. The number of ether oxygens (including phenoxy) is 2. The standard InChI is InChI=1S/C19H26N2O5/c1-13(2)17-12-25-9-3-4-10-26-15-7-5-14(6-8-15)11-16(18(22)20-17)21-19(23)24/h3-8,13,16-17,21H,9-12H2,1-2H3,(H,20,22)(H,23,24)/b4-3+/t16-,17-/m1/s1. The van der Waals surface area contributed by atoms with Crippen molar-refractivity contribution in [2.75, 3.05) is 19.8 Å². The lowest BCUT2D eigenvalue weighted by atomic mass is 10.0. The highest BCUT2D eigenvalue weighted by atomic mass is 16.5. The number of carbonyl (C=O) groups excluding carboxylic acids is 1. The normalized spacial score (nSPS) is 23.1. The van der Waals surface area contributed by atoms with E-state index in [-0.39, 0.29) is 24.3 Å². The van der Waals surface area contributed by atoms with E-state index >= 15 is 0 Å². The largest absolute Gasteiger partial charge is 0.490 e. The first kappa shape index (κ1) is 19.8. The van der Waals surface area contributed by atoms with Gasteiger partial charge >= 0.3 is 6.09 Å². The third kappa shape index (κ3) is 6.40. The van der Waals surface area contributed by atoms with E-state index in [1.54, 1.807) is 12.1 Å². The first-order valence-corrected chi connectivity index (χ1v) is 8.70. The van der Waals surface area contributed by atoms with Crippen molar-refractivity contribution in [1.29, 1.82) is 0 Å². The zero-order valence-electron chi connectivity index (χ0n) is 15.1. The van der Waals surface area contributed by atoms with Crippen LogP contribution in [0.4, 0.5) is 4.79 Å². The Kier molecular flexibility index (Phi) is 7.47. The van der Waals surface area contributed by atoms with Gasteiger partial charge in [0.05, 0.1) is 19.3 Å². The van der Waals surface area contributed by atoms with E-state index in [4.69, 9.17) is 14.6 Å². The second-order valence-electron chi connectivity index (χ2n) is 6.53. The monoisotopic (exact) mass is 362 g/mol. The lowest BCUT2D eigenvalue weighted by Crippen LogP contribution is -2.52. The van der Waals surface area contributed by atoms with Crippen molar-refractivity contribution >= 4 is 12.0 Å². The predicted molar refractivity (Wildman–Crippen MR) is 97.3 cm³/mol. The molecule has 142 valence electrons. The molecule has 0 aliphatic carbocycles. The second-order valence-corrected chi connectivity index (χ2v) is 6.53. The number of hydrogen-bond donors (Lipinski definition) is 3. The molecule has 0 spiro atoms. The number of fused-ring (bicyclic) bond motifs is 12. The minimum Gasteiger partial charge on any atom is -0.490 e. The molecule has 0 fully saturated rings. The van der Waals surface area contributed by atoms with E-state index in [1.807, 2.05) is 38.1 Å². The number of benzene rings is 1. The molecule has 2 atom stereocenters. The van der Waals surface area contributed by atoms with Gasteiger partial charge < -0.3 is 25.2 Å². The lowest BCUT2D eigenvalue weighted by Gasteiger charge is -2.25. The average Bonchev–Trinajstić information content (AvgIpc) is 2.59. The minimum absolute atomic E-state index is 0.148. The Labute approximate surface area is 153 Å². The number of amides is 2. The second kappa shape index (κ2) is 9.82. The fourth-order valence-corrected chi connectivity index (χ4v) is 2.54. The van der Waals surface area contributed by atoms with Gasteiger partial charge in [-0.25, -0.2) is 4.79 Å². The molecule has 2 aliphatic rings. The summed E-state index contributed by atoms with van der Waals surface area (Å²) in [5, 5.41) is 14.3. The van der Waals surface area contributed by atoms with Gasteiger partial charge in [-0.3, -0.25) is 4.79 Å². The molecule has 3 N–H and O–H groups in total. The molecule has 2 aliphatic heterocycles. The molecule has 0 unspecified atom stereocenters. The van der Waals surface area contributed by atoms with Gasteiger partial charge in [0.1, 0.15) is 18.4 Å². The Balaban J connectivity index is 2.21. The van der Waals surface area contributed by atoms with Crippen molar-refractivity contribution < 1.29 is 24.2 Å². The van der Waals surface area contributed by atoms with Gasteiger partial charge in [0.25, 0.3) is 0 Å². The summed E-state index contributed by atoms with van der Waals surface area (Å²) in [5.74, 6) is 0.492. The summed E-state index contributed by atoms with van der Waals surface area (Å²) in [6.07, 6.45) is 2.77. The number of nitrogens with one attached hydrogen (secondary N) is 2. The van der Waals surface area contributed by atoms with E-state index in [9.17, 15) is 9.59 Å². The number of carbonyl (C=O) groups is 2. The molecule has 0 aromatic heterocycles. The van der Waals surface area contributed by atoms with Crippen LogP contribution in [0.3, 0.4) is 0 Å². The van der Waals surface area contributed by atoms with Gasteiger partial charge in [-0.15, -0.1) is 0 Å². The van der Waals surface area contributed by atoms with Crippen LogP contribution in [0.1, 0.15) is 19.4 Å². The van der Waals surface area contributed by atoms with Crippen molar-refractivity contribution in [3.05, 3.63) is 42.0 Å². The molecule has 3 rings (SSSR count). The van der Waals surface area contributed by atoms with E-state index < -0.39 is 12.1 Å². The molecule has 2 heterocycles. The number of hydrogen-bond acceptors (Lipinski definition) is 4. The van der Waals surface area contributed by atoms with Crippen molar-refractivity contribution in [2.45, 2.75) is 32.4 Å². The average molecular weight is 362 g/mol. The van der Waals surface area contributed by atoms with Crippen molar-refractivity contribution in [3.63, 3.8) is 0 Å². The highest BCUT2D eigenvalue weighted by molar-refractivity contribution is 5.85. The van der Waals surface area contributed by atoms with E-state index in [2.05, 4.69) is 10.6 Å². The highest BCUT2D eigenvalue weighted by Gasteiger charge is 2.25. The summed E-state index contributed by atoms with van der Waals surface area (Å²) in [5.41, 5.74) is 0.839. The molecular formula is C19H26N2O5. The summed E-state index contributed by atoms with van der Waals surface area (Å²) < 4.78 is 11.2. The molecule has 0 saturated carbocycles. The Hall–Kier alpha value is -2.54. The molecule has 0 saturated heterocycles. The fourth-order valence-electron chi connectivity index (χ4n) is 2.54. The van der Waals surface area contributed by atoms with Gasteiger partial charge in [0.15, 0.2) is 0 Å². The third-order valence-electron chi connectivity index (χ3n) is 4.13. The first-order valence-electron chi connectivity index (χ1n) is 8.70. The summed E-state index contributed by atoms with van der Waals surface area (Å²) in [6.45, 7) is 5.17. The van der Waals surface area contributed by atoms with Crippen LogP contribution in [0.15, 0.2) is 36.4 Å².